The third-order valence-electron chi connectivity index (χ3n) is 2.59. The van der Waals surface area contributed by atoms with E-state index in [2.05, 4.69) is 13.8 Å². The average Bonchev–Trinajstić information content (AvgIpc) is 1.82. The van der Waals surface area contributed by atoms with Gasteiger partial charge in [-0.3, -0.25) is 0 Å². The minimum atomic E-state index is 0.365. The Morgan fingerprint density at radius 3 is 2.36 bits per heavy atom. The SMILES string of the molecule is CC(C)C(CCO)C1CSC1. The van der Waals surface area contributed by atoms with Gasteiger partial charge in [0, 0.05) is 6.61 Å². The lowest BCUT2D eigenvalue weighted by Gasteiger charge is -2.35. The van der Waals surface area contributed by atoms with Gasteiger partial charge < -0.3 is 5.11 Å². The second kappa shape index (κ2) is 4.36. The summed E-state index contributed by atoms with van der Waals surface area (Å²) in [4.78, 5) is 0. The van der Waals surface area contributed by atoms with Crippen LogP contribution in [0.2, 0.25) is 0 Å². The van der Waals surface area contributed by atoms with Gasteiger partial charge in [0.25, 0.3) is 0 Å². The number of aliphatic hydroxyl groups excluding tert-OH is 1. The predicted molar refractivity (Wildman–Crippen MR) is 50.8 cm³/mol. The molecule has 1 N–H and O–H groups in total. The van der Waals surface area contributed by atoms with Crippen molar-refractivity contribution in [2.24, 2.45) is 17.8 Å². The fraction of sp³-hybridized carbons (Fsp3) is 1.00. The Bertz CT molecular complexity index is 110. The fourth-order valence-electron chi connectivity index (χ4n) is 1.76. The van der Waals surface area contributed by atoms with Crippen molar-refractivity contribution in [3.63, 3.8) is 0 Å². The molecule has 0 amide bonds. The van der Waals surface area contributed by atoms with Crippen LogP contribution in [0.1, 0.15) is 20.3 Å². The minimum Gasteiger partial charge on any atom is -0.396 e. The van der Waals surface area contributed by atoms with Gasteiger partial charge in [0.15, 0.2) is 0 Å². The Morgan fingerprint density at radius 2 is 2.09 bits per heavy atom. The molecule has 0 bridgehead atoms. The molecule has 2 heteroatoms. The van der Waals surface area contributed by atoms with E-state index in [1.165, 1.54) is 11.5 Å². The highest BCUT2D eigenvalue weighted by Crippen LogP contribution is 2.36. The molecule has 66 valence electrons. The molecule has 1 heterocycles. The first kappa shape index (κ1) is 9.40. The largest absolute Gasteiger partial charge is 0.396 e. The molecule has 1 aliphatic rings. The molecule has 0 aromatic rings. The summed E-state index contributed by atoms with van der Waals surface area (Å²) >= 11 is 2.04. The zero-order valence-corrected chi connectivity index (χ0v) is 8.23. The van der Waals surface area contributed by atoms with Gasteiger partial charge in [-0.25, -0.2) is 0 Å². The van der Waals surface area contributed by atoms with Crippen LogP contribution in [0.25, 0.3) is 0 Å². The van der Waals surface area contributed by atoms with E-state index in [1.807, 2.05) is 11.8 Å². The second-order valence-electron chi connectivity index (χ2n) is 3.72. The quantitative estimate of drug-likeness (QED) is 0.703. The summed E-state index contributed by atoms with van der Waals surface area (Å²) in [7, 11) is 0. The van der Waals surface area contributed by atoms with Crippen molar-refractivity contribution in [3.05, 3.63) is 0 Å². The predicted octanol–water partition coefficient (Wildman–Crippen LogP) is 2.00. The van der Waals surface area contributed by atoms with E-state index in [0.29, 0.717) is 6.61 Å². The molecule has 0 saturated carbocycles. The van der Waals surface area contributed by atoms with Crippen LogP contribution in [-0.2, 0) is 0 Å². The maximum Gasteiger partial charge on any atom is 0.0433 e. The van der Waals surface area contributed by atoms with Gasteiger partial charge in [-0.1, -0.05) is 13.8 Å². The van der Waals surface area contributed by atoms with Gasteiger partial charge in [0.05, 0.1) is 0 Å². The van der Waals surface area contributed by atoms with Gasteiger partial charge in [0.2, 0.25) is 0 Å². The van der Waals surface area contributed by atoms with E-state index in [0.717, 1.165) is 24.2 Å². The first-order valence-electron chi connectivity index (χ1n) is 4.44. The van der Waals surface area contributed by atoms with Crippen molar-refractivity contribution in [3.8, 4) is 0 Å². The van der Waals surface area contributed by atoms with E-state index in [4.69, 9.17) is 5.11 Å². The van der Waals surface area contributed by atoms with Crippen molar-refractivity contribution in [2.75, 3.05) is 18.1 Å². The van der Waals surface area contributed by atoms with Gasteiger partial charge in [0.1, 0.15) is 0 Å². The smallest absolute Gasteiger partial charge is 0.0433 e. The first-order chi connectivity index (χ1) is 5.25. The highest BCUT2D eigenvalue weighted by atomic mass is 32.2. The molecule has 1 atom stereocenters. The van der Waals surface area contributed by atoms with Gasteiger partial charge in [-0.2, -0.15) is 11.8 Å². The van der Waals surface area contributed by atoms with E-state index in [-0.39, 0.29) is 0 Å². The number of rotatable bonds is 4. The second-order valence-corrected chi connectivity index (χ2v) is 4.79. The standard InChI is InChI=1S/C9H18OS/c1-7(2)9(3-4-10)8-5-11-6-8/h7-10H,3-6H2,1-2H3. The van der Waals surface area contributed by atoms with E-state index >= 15 is 0 Å². The number of aliphatic hydroxyl groups is 1. The zero-order chi connectivity index (χ0) is 8.27. The molecule has 1 aliphatic heterocycles. The van der Waals surface area contributed by atoms with Gasteiger partial charge in [-0.05, 0) is 35.7 Å². The lowest BCUT2D eigenvalue weighted by atomic mass is 9.83. The molecule has 0 spiro atoms. The minimum absolute atomic E-state index is 0.365. The van der Waals surface area contributed by atoms with Crippen molar-refractivity contribution >= 4 is 11.8 Å². The molecule has 0 aromatic heterocycles. The summed E-state index contributed by atoms with van der Waals surface area (Å²) in [6.45, 7) is 4.90. The van der Waals surface area contributed by atoms with E-state index in [1.54, 1.807) is 0 Å². The summed E-state index contributed by atoms with van der Waals surface area (Å²) in [6, 6.07) is 0. The van der Waals surface area contributed by atoms with Crippen LogP contribution >= 0.6 is 11.8 Å². The fourth-order valence-corrected chi connectivity index (χ4v) is 2.77. The molecule has 0 aromatic carbocycles. The van der Waals surface area contributed by atoms with Crippen molar-refractivity contribution < 1.29 is 5.11 Å². The zero-order valence-electron chi connectivity index (χ0n) is 7.42. The molecule has 1 nitrogen and oxygen atoms in total. The van der Waals surface area contributed by atoms with E-state index < -0.39 is 0 Å². The molecule has 0 radical (unpaired) electrons. The summed E-state index contributed by atoms with van der Waals surface area (Å²) in [5, 5.41) is 8.85. The summed E-state index contributed by atoms with van der Waals surface area (Å²) in [5.41, 5.74) is 0. The molecule has 11 heavy (non-hydrogen) atoms. The van der Waals surface area contributed by atoms with Gasteiger partial charge in [-0.15, -0.1) is 0 Å². The maximum absolute atomic E-state index is 8.85. The lowest BCUT2D eigenvalue weighted by Crippen LogP contribution is -2.31. The summed E-state index contributed by atoms with van der Waals surface area (Å²) in [6.07, 6.45) is 1.00. The van der Waals surface area contributed by atoms with Crippen LogP contribution in [0.15, 0.2) is 0 Å². The Balaban J connectivity index is 2.31. The molecule has 0 aliphatic carbocycles. The van der Waals surface area contributed by atoms with Crippen LogP contribution in [0.5, 0.6) is 0 Å². The van der Waals surface area contributed by atoms with Crippen molar-refractivity contribution in [1.29, 1.82) is 0 Å². The molecular weight excluding hydrogens is 156 g/mol. The highest BCUT2D eigenvalue weighted by molar-refractivity contribution is 8.00. The molecule has 1 rings (SSSR count). The van der Waals surface area contributed by atoms with Gasteiger partial charge >= 0.3 is 0 Å². The number of hydrogen-bond donors (Lipinski definition) is 1. The first-order valence-corrected chi connectivity index (χ1v) is 5.59. The van der Waals surface area contributed by atoms with Crippen molar-refractivity contribution in [2.45, 2.75) is 20.3 Å². The van der Waals surface area contributed by atoms with Crippen molar-refractivity contribution in [1.82, 2.24) is 0 Å². The van der Waals surface area contributed by atoms with E-state index in [9.17, 15) is 0 Å². The van der Waals surface area contributed by atoms with Crippen LogP contribution in [0.3, 0.4) is 0 Å². The summed E-state index contributed by atoms with van der Waals surface area (Å²) < 4.78 is 0. The van der Waals surface area contributed by atoms with Crippen LogP contribution in [-0.4, -0.2) is 23.2 Å². The normalized spacial score (nSPS) is 21.8. The molecular formula is C9H18OS. The lowest BCUT2D eigenvalue weighted by molar-refractivity contribution is 0.194. The third-order valence-corrected chi connectivity index (χ3v) is 3.92. The Kier molecular flexibility index (Phi) is 3.73. The third kappa shape index (κ3) is 2.38. The Labute approximate surface area is 73.6 Å². The Morgan fingerprint density at radius 1 is 1.45 bits per heavy atom. The topological polar surface area (TPSA) is 20.2 Å². The monoisotopic (exact) mass is 174 g/mol. The number of hydrogen-bond acceptors (Lipinski definition) is 2. The maximum atomic E-state index is 8.85. The van der Waals surface area contributed by atoms with Crippen LogP contribution in [0, 0.1) is 17.8 Å². The molecule has 1 saturated heterocycles. The average molecular weight is 174 g/mol. The van der Waals surface area contributed by atoms with Crippen LogP contribution in [0.4, 0.5) is 0 Å². The summed E-state index contributed by atoms with van der Waals surface area (Å²) in [5.74, 6) is 5.05. The Hall–Kier alpha value is 0.310. The molecule has 1 fully saturated rings. The number of thioether (sulfide) groups is 1. The highest BCUT2D eigenvalue weighted by Gasteiger charge is 2.29. The molecule has 1 unspecified atom stereocenters. The van der Waals surface area contributed by atoms with Crippen LogP contribution < -0.4 is 0 Å².